The normalized spacial score (nSPS) is 9.54. The lowest BCUT2D eigenvalue weighted by Gasteiger charge is -2.09. The van der Waals surface area contributed by atoms with Crippen molar-refractivity contribution in [2.24, 2.45) is 0 Å². The van der Waals surface area contributed by atoms with Gasteiger partial charge < -0.3 is 9.47 Å². The van der Waals surface area contributed by atoms with Crippen molar-refractivity contribution in [2.75, 3.05) is 13.2 Å². The van der Waals surface area contributed by atoms with Gasteiger partial charge in [0.15, 0.2) is 6.29 Å². The van der Waals surface area contributed by atoms with E-state index in [1.807, 2.05) is 43.7 Å². The molecule has 0 atom stereocenters. The van der Waals surface area contributed by atoms with Crippen molar-refractivity contribution >= 4 is 11.3 Å². The molecule has 1 heterocycles. The van der Waals surface area contributed by atoms with Crippen LogP contribution >= 0.6 is 11.3 Å². The summed E-state index contributed by atoms with van der Waals surface area (Å²) in [4.78, 5) is 0. The molecule has 13 heavy (non-hydrogen) atoms. The molecule has 0 unspecified atom stereocenters. The maximum Gasteiger partial charge on any atom is 0.154 e. The van der Waals surface area contributed by atoms with E-state index in [1.165, 1.54) is 0 Å². The van der Waals surface area contributed by atoms with Gasteiger partial charge in [-0.05, 0) is 31.5 Å². The molecule has 0 radical (unpaired) electrons. The van der Waals surface area contributed by atoms with Gasteiger partial charge in [0, 0.05) is 13.2 Å². The highest BCUT2D eigenvalue weighted by Crippen LogP contribution is 1.91. The Labute approximate surface area is 84.5 Å². The number of thiophene rings is 1. The smallest absolute Gasteiger partial charge is 0.154 e. The summed E-state index contributed by atoms with van der Waals surface area (Å²) in [6, 6.07) is 4.04. The summed E-state index contributed by atoms with van der Waals surface area (Å²) < 4.78 is 10.1. The Balaban J connectivity index is 0.000000243. The monoisotopic (exact) mass is 202 g/mol. The summed E-state index contributed by atoms with van der Waals surface area (Å²) in [7, 11) is 0. The van der Waals surface area contributed by atoms with E-state index in [0.29, 0.717) is 0 Å². The van der Waals surface area contributed by atoms with Gasteiger partial charge in [0.25, 0.3) is 0 Å². The van der Waals surface area contributed by atoms with Gasteiger partial charge in [0.05, 0.1) is 0 Å². The van der Waals surface area contributed by atoms with Crippen LogP contribution in [0.2, 0.25) is 0 Å². The van der Waals surface area contributed by atoms with E-state index in [0.717, 1.165) is 13.2 Å². The predicted octanol–water partition coefficient (Wildman–Crippen LogP) is 3.15. The first-order valence-corrected chi connectivity index (χ1v) is 5.45. The Morgan fingerprint density at radius 2 is 1.54 bits per heavy atom. The predicted molar refractivity (Wildman–Crippen MR) is 57.0 cm³/mol. The molecule has 1 aromatic rings. The minimum absolute atomic E-state index is 0.0370. The van der Waals surface area contributed by atoms with Crippen molar-refractivity contribution in [3.8, 4) is 0 Å². The second-order valence-electron chi connectivity index (χ2n) is 2.27. The van der Waals surface area contributed by atoms with Crippen molar-refractivity contribution in [3.05, 3.63) is 22.9 Å². The first-order valence-electron chi connectivity index (χ1n) is 4.51. The van der Waals surface area contributed by atoms with E-state index >= 15 is 0 Å². The van der Waals surface area contributed by atoms with Crippen molar-refractivity contribution in [2.45, 2.75) is 27.1 Å². The molecule has 1 rings (SSSR count). The molecule has 0 aliphatic heterocycles. The summed E-state index contributed by atoms with van der Waals surface area (Å²) in [6.45, 7) is 7.25. The SMILES string of the molecule is CCOC(C)OCC.c1ccsc1. The molecule has 3 heteroatoms. The lowest BCUT2D eigenvalue weighted by atomic mass is 10.7. The number of hydrogen-bond donors (Lipinski definition) is 0. The molecule has 1 aromatic heterocycles. The molecule has 76 valence electrons. The molecule has 0 N–H and O–H groups in total. The molecular formula is C10H18O2S. The fraction of sp³-hybridized carbons (Fsp3) is 0.600. The Hall–Kier alpha value is -0.380. The van der Waals surface area contributed by atoms with E-state index in [9.17, 15) is 0 Å². The molecule has 0 spiro atoms. The lowest BCUT2D eigenvalue weighted by molar-refractivity contribution is -0.123. The zero-order valence-corrected chi connectivity index (χ0v) is 9.34. The van der Waals surface area contributed by atoms with Crippen molar-refractivity contribution in [1.82, 2.24) is 0 Å². The standard InChI is InChI=1S/C6H14O2.C4H4S/c1-4-7-6(3)8-5-2;1-2-4-5-3-1/h6H,4-5H2,1-3H3;1-4H. The molecule has 2 nitrogen and oxygen atoms in total. The summed E-state index contributed by atoms with van der Waals surface area (Å²) in [5, 5.41) is 4.08. The molecule has 0 aliphatic carbocycles. The third-order valence-electron chi connectivity index (χ3n) is 1.23. The van der Waals surface area contributed by atoms with E-state index in [1.54, 1.807) is 11.3 Å². The van der Waals surface area contributed by atoms with Crippen molar-refractivity contribution in [3.63, 3.8) is 0 Å². The average Bonchev–Trinajstić information content (AvgIpc) is 2.61. The van der Waals surface area contributed by atoms with Crippen LogP contribution < -0.4 is 0 Å². The Morgan fingerprint density at radius 1 is 1.08 bits per heavy atom. The van der Waals surface area contributed by atoms with E-state index in [2.05, 4.69) is 0 Å². The topological polar surface area (TPSA) is 18.5 Å². The van der Waals surface area contributed by atoms with Crippen molar-refractivity contribution in [1.29, 1.82) is 0 Å². The van der Waals surface area contributed by atoms with E-state index < -0.39 is 0 Å². The van der Waals surface area contributed by atoms with Crippen LogP contribution in [0.15, 0.2) is 22.9 Å². The minimum Gasteiger partial charge on any atom is -0.353 e. The zero-order chi connectivity index (χ0) is 9.94. The van der Waals surface area contributed by atoms with Crippen LogP contribution in [0.1, 0.15) is 20.8 Å². The van der Waals surface area contributed by atoms with Crippen LogP contribution in [-0.2, 0) is 9.47 Å². The summed E-state index contributed by atoms with van der Waals surface area (Å²) in [5.74, 6) is 0. The second kappa shape index (κ2) is 9.71. The Morgan fingerprint density at radius 3 is 1.77 bits per heavy atom. The first-order chi connectivity index (χ1) is 6.31. The van der Waals surface area contributed by atoms with E-state index in [4.69, 9.17) is 9.47 Å². The van der Waals surface area contributed by atoms with Gasteiger partial charge in [-0.3, -0.25) is 0 Å². The van der Waals surface area contributed by atoms with Gasteiger partial charge in [0.2, 0.25) is 0 Å². The number of hydrogen-bond acceptors (Lipinski definition) is 3. The number of rotatable bonds is 4. The molecule has 0 aliphatic rings. The Kier molecular flexibility index (Phi) is 9.42. The average molecular weight is 202 g/mol. The minimum atomic E-state index is -0.0370. The van der Waals surface area contributed by atoms with Crippen LogP contribution in [0.3, 0.4) is 0 Å². The summed E-state index contributed by atoms with van der Waals surface area (Å²) >= 11 is 1.71. The highest BCUT2D eigenvalue weighted by atomic mass is 32.1. The lowest BCUT2D eigenvalue weighted by Crippen LogP contribution is -2.11. The highest BCUT2D eigenvalue weighted by Gasteiger charge is 1.94. The van der Waals surface area contributed by atoms with Gasteiger partial charge in [-0.15, -0.1) is 0 Å². The first kappa shape index (κ1) is 12.6. The molecule has 0 saturated heterocycles. The summed E-state index contributed by atoms with van der Waals surface area (Å²) in [6.07, 6.45) is -0.0370. The highest BCUT2D eigenvalue weighted by molar-refractivity contribution is 7.07. The van der Waals surface area contributed by atoms with Gasteiger partial charge in [-0.1, -0.05) is 12.1 Å². The van der Waals surface area contributed by atoms with Gasteiger partial charge in [0.1, 0.15) is 0 Å². The molecule has 0 amide bonds. The molecule has 0 saturated carbocycles. The maximum atomic E-state index is 5.06. The van der Waals surface area contributed by atoms with Crippen molar-refractivity contribution < 1.29 is 9.47 Å². The third kappa shape index (κ3) is 9.53. The van der Waals surface area contributed by atoms with Crippen LogP contribution in [0.4, 0.5) is 0 Å². The van der Waals surface area contributed by atoms with E-state index in [-0.39, 0.29) is 6.29 Å². The van der Waals surface area contributed by atoms with Gasteiger partial charge in [-0.2, -0.15) is 11.3 Å². The van der Waals surface area contributed by atoms with Crippen LogP contribution in [0, 0.1) is 0 Å². The van der Waals surface area contributed by atoms with Crippen LogP contribution in [0.5, 0.6) is 0 Å². The van der Waals surface area contributed by atoms with Gasteiger partial charge in [-0.25, -0.2) is 0 Å². The quantitative estimate of drug-likeness (QED) is 0.698. The number of ether oxygens (including phenoxy) is 2. The summed E-state index contributed by atoms with van der Waals surface area (Å²) in [5.41, 5.74) is 0. The fourth-order valence-corrected chi connectivity index (χ4v) is 1.20. The second-order valence-corrected chi connectivity index (χ2v) is 3.09. The largest absolute Gasteiger partial charge is 0.353 e. The molecule has 0 aromatic carbocycles. The Bertz CT molecular complexity index is 140. The fourth-order valence-electron chi connectivity index (χ4n) is 0.744. The maximum absolute atomic E-state index is 5.06. The molecule has 0 bridgehead atoms. The molecular weight excluding hydrogens is 184 g/mol. The molecule has 0 fully saturated rings. The van der Waals surface area contributed by atoms with Crippen LogP contribution in [-0.4, -0.2) is 19.5 Å². The zero-order valence-electron chi connectivity index (χ0n) is 8.53. The third-order valence-corrected chi connectivity index (χ3v) is 1.86. The van der Waals surface area contributed by atoms with Gasteiger partial charge >= 0.3 is 0 Å². The van der Waals surface area contributed by atoms with Crippen LogP contribution in [0.25, 0.3) is 0 Å².